The topological polar surface area (TPSA) is 280 Å². The Morgan fingerprint density at radius 3 is 2.30 bits per heavy atom. The Balaban J connectivity index is 1.54. The summed E-state index contributed by atoms with van der Waals surface area (Å²) in [6.07, 6.45) is 0.730. The number of fused-ring (bicyclic) bond motifs is 5. The Kier molecular flexibility index (Phi) is 17.5. The summed E-state index contributed by atoms with van der Waals surface area (Å²) in [6, 6.07) is 14.3. The predicted molar refractivity (Wildman–Crippen MR) is 254 cm³/mol. The number of aromatic hydroxyl groups is 1. The number of likely N-dealkylation sites (N-methyl/N-ethyl adjacent to an activating group) is 1. The van der Waals surface area contributed by atoms with Crippen molar-refractivity contribution in [1.29, 1.82) is 5.26 Å². The van der Waals surface area contributed by atoms with E-state index in [0.29, 0.717) is 53.7 Å². The zero-order valence-corrected chi connectivity index (χ0v) is 39.3. The van der Waals surface area contributed by atoms with Crippen LogP contribution >= 0.6 is 0 Å². The molecule has 18 heteroatoms. The number of nitrogens with zero attached hydrogens (tertiary/aromatic N) is 4. The molecule has 4 bridgehead atoms. The van der Waals surface area contributed by atoms with E-state index in [2.05, 4.69) is 57.3 Å². The summed E-state index contributed by atoms with van der Waals surface area (Å²) in [5.41, 5.74) is 16.0. The summed E-state index contributed by atoms with van der Waals surface area (Å²) in [4.78, 5) is 80.9. The summed E-state index contributed by atoms with van der Waals surface area (Å²) in [7, 11) is 1.40. The maximum absolute atomic E-state index is 14.7. The van der Waals surface area contributed by atoms with Crippen molar-refractivity contribution < 1.29 is 33.8 Å². The van der Waals surface area contributed by atoms with E-state index in [-0.39, 0.29) is 60.4 Å². The van der Waals surface area contributed by atoms with Crippen LogP contribution in [0, 0.1) is 25.2 Å². The maximum Gasteiger partial charge on any atom is 0.255 e. The molecule has 3 aromatic carbocycles. The number of nitriles is 1. The van der Waals surface area contributed by atoms with Gasteiger partial charge in [-0.25, -0.2) is 9.97 Å². The number of carbonyl (C=O) groups is 5. The summed E-state index contributed by atoms with van der Waals surface area (Å²) in [5, 5.41) is 34.4. The van der Waals surface area contributed by atoms with Gasteiger partial charge in [0.2, 0.25) is 23.6 Å². The highest BCUT2D eigenvalue weighted by molar-refractivity contribution is 6.00. The lowest BCUT2D eigenvalue weighted by Crippen LogP contribution is -2.56. The number of nitrogens with one attached hydrogen (secondary N) is 5. The number of aryl methyl sites for hydroxylation is 2. The minimum absolute atomic E-state index is 0.00739. The number of nitrogens with two attached hydrogens (primary N) is 2. The second-order valence-corrected chi connectivity index (χ2v) is 17.6. The van der Waals surface area contributed by atoms with Crippen LogP contribution in [0.1, 0.15) is 85.0 Å². The summed E-state index contributed by atoms with van der Waals surface area (Å²) >= 11 is 0. The average molecular weight is 918 g/mol. The van der Waals surface area contributed by atoms with Crippen molar-refractivity contribution in [2.45, 2.75) is 90.4 Å². The van der Waals surface area contributed by atoms with E-state index >= 15 is 0 Å². The van der Waals surface area contributed by atoms with E-state index in [9.17, 15) is 29.1 Å². The third-order valence-electron chi connectivity index (χ3n) is 11.5. The SMILES string of the molecule is Cc1nc(-c2ccc(C(C)(C)C)cc2)nc(C)c1C(=O)NC(CCN)C(=O)N(C)[C@@H]1C(=O)N[C@@H](C)C(=O)N[C@H](C(=O)NCC#N)Cc2ccc(O)c(c2)-c2cc1ccc2OCCNCCCN. The molecular formula is C49H63N11O7. The van der Waals surface area contributed by atoms with Gasteiger partial charge in [-0.15, -0.1) is 0 Å². The van der Waals surface area contributed by atoms with Crippen LogP contribution in [-0.4, -0.2) is 114 Å². The van der Waals surface area contributed by atoms with Crippen LogP contribution in [0.4, 0.5) is 0 Å². The Morgan fingerprint density at radius 2 is 1.66 bits per heavy atom. The van der Waals surface area contributed by atoms with Crippen molar-refractivity contribution in [3.8, 4) is 40.1 Å². The molecule has 5 rings (SSSR count). The van der Waals surface area contributed by atoms with E-state index in [1.165, 1.54) is 24.9 Å². The van der Waals surface area contributed by atoms with E-state index in [4.69, 9.17) is 21.5 Å². The monoisotopic (exact) mass is 917 g/mol. The van der Waals surface area contributed by atoms with Gasteiger partial charge in [0, 0.05) is 36.7 Å². The number of phenols is 1. The van der Waals surface area contributed by atoms with Gasteiger partial charge in [0.1, 0.15) is 48.8 Å². The number of phenolic OH excluding ortho intramolecular Hbond substituents is 1. The van der Waals surface area contributed by atoms with E-state index in [1.807, 2.05) is 30.3 Å². The van der Waals surface area contributed by atoms with Crippen LogP contribution in [0.5, 0.6) is 11.5 Å². The lowest BCUT2D eigenvalue weighted by atomic mass is 9.86. The molecule has 18 nitrogen and oxygen atoms in total. The fourth-order valence-electron chi connectivity index (χ4n) is 7.79. The van der Waals surface area contributed by atoms with Crippen molar-refractivity contribution in [2.24, 2.45) is 11.5 Å². The Morgan fingerprint density at radius 1 is 0.955 bits per heavy atom. The van der Waals surface area contributed by atoms with Crippen LogP contribution in [0.2, 0.25) is 0 Å². The van der Waals surface area contributed by atoms with Gasteiger partial charge in [-0.1, -0.05) is 57.2 Å². The van der Waals surface area contributed by atoms with Crippen molar-refractivity contribution in [3.63, 3.8) is 0 Å². The van der Waals surface area contributed by atoms with Crippen LogP contribution < -0.4 is 42.8 Å². The van der Waals surface area contributed by atoms with Gasteiger partial charge >= 0.3 is 0 Å². The number of amides is 5. The van der Waals surface area contributed by atoms with Crippen LogP contribution in [0.15, 0.2) is 60.7 Å². The standard InChI is InChI=1S/C49H63N11O7/c1-28-41(29(2)56-43(55-28)32-10-13-34(14-11-32)49(4,5)6)46(64)58-37(17-19-51)48(66)60(7)42-33-12-16-40(67-24-23-53-21-8-18-50)36(27-33)35-25-31(9-15-39(35)61)26-38(45(63)54-22-20-52)59-44(62)30(3)57-47(42)65/h9-16,25,27,30,37-38,42,53,61H,8,17-19,21-24,26,50-51H2,1-7H3,(H,54,63)(H,57,65)(H,58,64)(H,59,62)/t30-,37?,38-,42-/m0/s1. The first-order valence-corrected chi connectivity index (χ1v) is 22.4. The van der Waals surface area contributed by atoms with Gasteiger partial charge in [-0.3, -0.25) is 24.0 Å². The molecule has 356 valence electrons. The van der Waals surface area contributed by atoms with Crippen LogP contribution in [0.3, 0.4) is 0 Å². The molecule has 1 aliphatic heterocycles. The largest absolute Gasteiger partial charge is 0.507 e. The van der Waals surface area contributed by atoms with Gasteiger partial charge < -0.3 is 52.8 Å². The van der Waals surface area contributed by atoms with E-state index in [0.717, 1.165) is 17.5 Å². The molecule has 0 fully saturated rings. The molecule has 0 spiro atoms. The Hall–Kier alpha value is -6.94. The summed E-state index contributed by atoms with van der Waals surface area (Å²) in [5.74, 6) is -2.78. The number of aromatic nitrogens is 2. The quantitative estimate of drug-likeness (QED) is 0.0594. The first-order chi connectivity index (χ1) is 31.9. The van der Waals surface area contributed by atoms with Crippen LogP contribution in [-0.2, 0) is 31.0 Å². The highest BCUT2D eigenvalue weighted by atomic mass is 16.5. The molecule has 1 aromatic heterocycles. The molecule has 1 aliphatic rings. The Bertz CT molecular complexity index is 2460. The lowest BCUT2D eigenvalue weighted by molar-refractivity contribution is -0.141. The number of hydrogen-bond acceptors (Lipinski definition) is 13. The summed E-state index contributed by atoms with van der Waals surface area (Å²) < 4.78 is 6.24. The highest BCUT2D eigenvalue weighted by Gasteiger charge is 2.36. The molecule has 1 unspecified atom stereocenters. The first-order valence-electron chi connectivity index (χ1n) is 22.4. The third kappa shape index (κ3) is 12.9. The third-order valence-corrected chi connectivity index (χ3v) is 11.5. The number of ether oxygens (including phenoxy) is 1. The molecule has 10 N–H and O–H groups in total. The van der Waals surface area contributed by atoms with Crippen molar-refractivity contribution in [1.82, 2.24) is 41.5 Å². The lowest BCUT2D eigenvalue weighted by Gasteiger charge is -2.32. The second kappa shape index (κ2) is 23.0. The number of benzene rings is 3. The molecule has 0 radical (unpaired) electrons. The smallest absolute Gasteiger partial charge is 0.255 e. The van der Waals surface area contributed by atoms with E-state index in [1.54, 1.807) is 44.2 Å². The average Bonchev–Trinajstić information content (AvgIpc) is 3.28. The number of rotatable bonds is 16. The fourth-order valence-corrected chi connectivity index (χ4v) is 7.79. The van der Waals surface area contributed by atoms with Gasteiger partial charge in [0.25, 0.3) is 5.91 Å². The summed E-state index contributed by atoms with van der Waals surface area (Å²) in [6.45, 7) is 12.8. The van der Waals surface area contributed by atoms with Crippen LogP contribution in [0.25, 0.3) is 22.5 Å². The number of hydrogen-bond donors (Lipinski definition) is 8. The van der Waals surface area contributed by atoms with E-state index < -0.39 is 53.7 Å². The molecule has 5 amide bonds. The molecule has 0 saturated carbocycles. The second-order valence-electron chi connectivity index (χ2n) is 17.6. The molecule has 0 aliphatic carbocycles. The normalized spacial score (nSPS) is 16.6. The minimum atomic E-state index is -1.43. The minimum Gasteiger partial charge on any atom is -0.507 e. The predicted octanol–water partition coefficient (Wildman–Crippen LogP) is 2.58. The van der Waals surface area contributed by atoms with Gasteiger partial charge in [0.05, 0.1) is 23.0 Å². The Labute approximate surface area is 391 Å². The molecule has 4 aromatic rings. The van der Waals surface area contributed by atoms with Crippen molar-refractivity contribution in [3.05, 3.63) is 94.3 Å². The fraction of sp³-hybridized carbons (Fsp3) is 0.429. The molecule has 0 saturated heterocycles. The van der Waals surface area contributed by atoms with Gasteiger partial charge in [-0.2, -0.15) is 5.26 Å². The zero-order chi connectivity index (χ0) is 49.0. The van der Waals surface area contributed by atoms with Gasteiger partial charge in [0.15, 0.2) is 5.82 Å². The molecule has 2 heterocycles. The van der Waals surface area contributed by atoms with Crippen molar-refractivity contribution in [2.75, 3.05) is 46.4 Å². The van der Waals surface area contributed by atoms with Crippen molar-refractivity contribution >= 4 is 29.5 Å². The molecule has 67 heavy (non-hydrogen) atoms. The van der Waals surface area contributed by atoms with Gasteiger partial charge in [-0.05, 0) is 99.6 Å². The molecular weight excluding hydrogens is 855 g/mol. The zero-order valence-electron chi connectivity index (χ0n) is 39.3. The number of carbonyl (C=O) groups excluding carboxylic acids is 5. The first kappa shape index (κ1) is 51.1. The molecule has 4 atom stereocenters. The highest BCUT2D eigenvalue weighted by Crippen LogP contribution is 2.39. The maximum atomic E-state index is 14.7.